The first-order valence-electron chi connectivity index (χ1n) is 7.59. The van der Waals surface area contributed by atoms with Crippen LogP contribution in [0.2, 0.25) is 0 Å². The molecule has 3 aromatic rings. The maximum Gasteiger partial charge on any atom is 0.339 e. The molecule has 0 unspecified atom stereocenters. The van der Waals surface area contributed by atoms with E-state index >= 15 is 0 Å². The Balaban J connectivity index is 1.97. The van der Waals surface area contributed by atoms with Crippen molar-refractivity contribution in [1.29, 1.82) is 0 Å². The minimum atomic E-state index is -0.491. The summed E-state index contributed by atoms with van der Waals surface area (Å²) >= 11 is 0. The number of esters is 1. The van der Waals surface area contributed by atoms with E-state index in [9.17, 15) is 9.59 Å². The molecule has 0 radical (unpaired) electrons. The van der Waals surface area contributed by atoms with Crippen LogP contribution < -0.4 is 5.32 Å². The summed E-state index contributed by atoms with van der Waals surface area (Å²) in [5.41, 5.74) is 4.13. The lowest BCUT2D eigenvalue weighted by Crippen LogP contribution is -2.16. The predicted octanol–water partition coefficient (Wildman–Crippen LogP) is 3.82. The largest absolute Gasteiger partial charge is 0.465 e. The number of carbonyl (C=O) groups excluding carboxylic acids is 2. The zero-order valence-corrected chi connectivity index (χ0v) is 13.8. The molecule has 0 aliphatic rings. The number of para-hydroxylation sites is 1. The number of nitrogens with one attached hydrogen (secondary N) is 2. The number of hydrogen-bond donors (Lipinski definition) is 2. The lowest BCUT2D eigenvalue weighted by molar-refractivity contribution is 0.0602. The molecule has 0 spiro atoms. The van der Waals surface area contributed by atoms with E-state index in [0.717, 1.165) is 22.0 Å². The molecule has 0 aliphatic heterocycles. The van der Waals surface area contributed by atoms with Gasteiger partial charge in [-0.2, -0.15) is 0 Å². The second kappa shape index (κ2) is 6.20. The van der Waals surface area contributed by atoms with Gasteiger partial charge in [-0.05, 0) is 43.2 Å². The molecule has 122 valence electrons. The molecule has 0 atom stereocenters. The third kappa shape index (κ3) is 2.76. The van der Waals surface area contributed by atoms with Crippen LogP contribution in [0, 0.1) is 13.8 Å². The summed E-state index contributed by atoms with van der Waals surface area (Å²) in [5.74, 6) is -0.785. The SMILES string of the molecule is COC(=O)c1ccccc1NC(=O)c1[nH]c2cc(C)ccc2c1C. The van der Waals surface area contributed by atoms with E-state index in [0.29, 0.717) is 16.9 Å². The first kappa shape index (κ1) is 15.8. The number of carbonyl (C=O) groups is 2. The van der Waals surface area contributed by atoms with E-state index < -0.39 is 5.97 Å². The van der Waals surface area contributed by atoms with E-state index in [4.69, 9.17) is 4.74 Å². The molecule has 3 rings (SSSR count). The average Bonchev–Trinajstić information content (AvgIpc) is 2.90. The fraction of sp³-hybridized carbons (Fsp3) is 0.158. The van der Waals surface area contributed by atoms with Crippen molar-refractivity contribution < 1.29 is 14.3 Å². The van der Waals surface area contributed by atoms with Gasteiger partial charge in [-0.25, -0.2) is 4.79 Å². The molecular weight excluding hydrogens is 304 g/mol. The molecule has 24 heavy (non-hydrogen) atoms. The second-order valence-corrected chi connectivity index (χ2v) is 5.67. The minimum absolute atomic E-state index is 0.294. The van der Waals surface area contributed by atoms with Gasteiger partial charge in [0.15, 0.2) is 0 Å². The highest BCUT2D eigenvalue weighted by atomic mass is 16.5. The number of methoxy groups -OCH3 is 1. The van der Waals surface area contributed by atoms with Crippen molar-refractivity contribution in [1.82, 2.24) is 4.98 Å². The first-order valence-corrected chi connectivity index (χ1v) is 7.59. The van der Waals surface area contributed by atoms with Crippen LogP contribution in [0.3, 0.4) is 0 Å². The average molecular weight is 322 g/mol. The number of benzene rings is 2. The number of anilines is 1. The number of hydrogen-bond acceptors (Lipinski definition) is 3. The molecule has 0 bridgehead atoms. The molecule has 5 heteroatoms. The Morgan fingerprint density at radius 3 is 2.58 bits per heavy atom. The van der Waals surface area contributed by atoms with E-state index in [1.54, 1.807) is 24.3 Å². The normalized spacial score (nSPS) is 10.6. The molecule has 0 aliphatic carbocycles. The zero-order chi connectivity index (χ0) is 17.3. The highest BCUT2D eigenvalue weighted by molar-refractivity contribution is 6.10. The highest BCUT2D eigenvalue weighted by Crippen LogP contribution is 2.24. The molecule has 1 amide bonds. The van der Waals surface area contributed by atoms with Crippen LogP contribution in [0.1, 0.15) is 32.0 Å². The number of aromatic amines is 1. The van der Waals surface area contributed by atoms with Gasteiger partial charge in [0.1, 0.15) is 5.69 Å². The van der Waals surface area contributed by atoms with Gasteiger partial charge in [0, 0.05) is 10.9 Å². The number of amides is 1. The number of ether oxygens (including phenoxy) is 1. The fourth-order valence-electron chi connectivity index (χ4n) is 2.74. The summed E-state index contributed by atoms with van der Waals surface area (Å²) < 4.78 is 4.75. The monoisotopic (exact) mass is 322 g/mol. The number of aryl methyl sites for hydroxylation is 2. The lowest BCUT2D eigenvalue weighted by atomic mass is 10.1. The van der Waals surface area contributed by atoms with Crippen LogP contribution in [-0.2, 0) is 4.74 Å². The third-order valence-corrected chi connectivity index (χ3v) is 4.02. The summed E-state index contributed by atoms with van der Waals surface area (Å²) in [6.07, 6.45) is 0. The fourth-order valence-corrected chi connectivity index (χ4v) is 2.74. The molecule has 2 N–H and O–H groups in total. The Morgan fingerprint density at radius 1 is 1.08 bits per heavy atom. The summed E-state index contributed by atoms with van der Waals surface area (Å²) in [7, 11) is 1.31. The first-order chi connectivity index (χ1) is 11.5. The second-order valence-electron chi connectivity index (χ2n) is 5.67. The minimum Gasteiger partial charge on any atom is -0.465 e. The van der Waals surface area contributed by atoms with Crippen molar-refractivity contribution >= 4 is 28.5 Å². The standard InChI is InChI=1S/C19H18N2O3/c1-11-8-9-13-12(2)17(20-16(13)10-11)18(22)21-15-7-5-4-6-14(15)19(23)24-3/h4-10,20H,1-3H3,(H,21,22). The van der Waals surface area contributed by atoms with Gasteiger partial charge in [0.25, 0.3) is 5.91 Å². The Hall–Kier alpha value is -3.08. The Kier molecular flexibility index (Phi) is 4.08. The van der Waals surface area contributed by atoms with Gasteiger partial charge >= 0.3 is 5.97 Å². The third-order valence-electron chi connectivity index (χ3n) is 4.02. The van der Waals surface area contributed by atoms with Crippen LogP contribution >= 0.6 is 0 Å². The number of rotatable bonds is 3. The van der Waals surface area contributed by atoms with Crippen LogP contribution in [0.15, 0.2) is 42.5 Å². The lowest BCUT2D eigenvalue weighted by Gasteiger charge is -2.09. The maximum atomic E-state index is 12.7. The van der Waals surface area contributed by atoms with Crippen molar-refractivity contribution in [2.75, 3.05) is 12.4 Å². The van der Waals surface area contributed by atoms with Crippen molar-refractivity contribution in [3.8, 4) is 0 Å². The summed E-state index contributed by atoms with van der Waals surface area (Å²) in [6.45, 7) is 3.90. The van der Waals surface area contributed by atoms with E-state index in [-0.39, 0.29) is 5.91 Å². The summed E-state index contributed by atoms with van der Waals surface area (Å²) in [4.78, 5) is 27.6. The van der Waals surface area contributed by atoms with Crippen LogP contribution in [-0.4, -0.2) is 24.0 Å². The molecule has 5 nitrogen and oxygen atoms in total. The molecule has 1 aromatic heterocycles. The van der Waals surface area contributed by atoms with Crippen LogP contribution in [0.25, 0.3) is 10.9 Å². The smallest absolute Gasteiger partial charge is 0.339 e. The summed E-state index contributed by atoms with van der Waals surface area (Å²) in [5, 5.41) is 3.79. The quantitative estimate of drug-likeness (QED) is 0.720. The van der Waals surface area contributed by atoms with Crippen molar-refractivity contribution in [3.63, 3.8) is 0 Å². The predicted molar refractivity (Wildman–Crippen MR) is 93.5 cm³/mol. The number of aromatic nitrogens is 1. The van der Waals surface area contributed by atoms with Gasteiger partial charge in [-0.15, -0.1) is 0 Å². The molecule has 1 heterocycles. The van der Waals surface area contributed by atoms with Gasteiger partial charge in [0.2, 0.25) is 0 Å². The number of H-pyrrole nitrogens is 1. The van der Waals surface area contributed by atoms with Crippen LogP contribution in [0.4, 0.5) is 5.69 Å². The topological polar surface area (TPSA) is 71.2 Å². The van der Waals surface area contributed by atoms with Gasteiger partial charge in [-0.1, -0.05) is 24.3 Å². The van der Waals surface area contributed by atoms with E-state index in [1.807, 2.05) is 32.0 Å². The van der Waals surface area contributed by atoms with E-state index in [1.165, 1.54) is 7.11 Å². The maximum absolute atomic E-state index is 12.7. The molecule has 0 fully saturated rings. The van der Waals surface area contributed by atoms with Crippen molar-refractivity contribution in [2.24, 2.45) is 0 Å². The molecule has 0 saturated carbocycles. The Bertz CT molecular complexity index is 941. The van der Waals surface area contributed by atoms with Crippen molar-refractivity contribution in [2.45, 2.75) is 13.8 Å². The van der Waals surface area contributed by atoms with E-state index in [2.05, 4.69) is 10.3 Å². The van der Waals surface area contributed by atoms with Gasteiger partial charge in [0.05, 0.1) is 18.4 Å². The highest BCUT2D eigenvalue weighted by Gasteiger charge is 2.18. The molecule has 0 saturated heterocycles. The molecular formula is C19H18N2O3. The van der Waals surface area contributed by atoms with Crippen molar-refractivity contribution in [3.05, 3.63) is 64.8 Å². The zero-order valence-electron chi connectivity index (χ0n) is 13.8. The molecule has 2 aromatic carbocycles. The van der Waals surface area contributed by atoms with Gasteiger partial charge < -0.3 is 15.0 Å². The number of fused-ring (bicyclic) bond motifs is 1. The van der Waals surface area contributed by atoms with Gasteiger partial charge in [-0.3, -0.25) is 4.79 Å². The summed E-state index contributed by atoms with van der Waals surface area (Å²) in [6, 6.07) is 12.8. The Morgan fingerprint density at radius 2 is 1.83 bits per heavy atom. The van der Waals surface area contributed by atoms with Crippen LogP contribution in [0.5, 0.6) is 0 Å². The Labute approximate surface area is 139 Å².